The Morgan fingerprint density at radius 3 is 2.57 bits per heavy atom. The smallest absolute Gasteiger partial charge is 0.255 e. The van der Waals surface area contributed by atoms with Crippen LogP contribution in [0.3, 0.4) is 0 Å². The van der Waals surface area contributed by atoms with Gasteiger partial charge in [-0.1, -0.05) is 19.6 Å². The molecule has 0 saturated carbocycles. The number of likely N-dealkylation sites (tertiary alicyclic amines) is 1. The van der Waals surface area contributed by atoms with Crippen molar-refractivity contribution >= 4 is 32.1 Å². The Morgan fingerprint density at radius 2 is 1.93 bits per heavy atom. The van der Waals surface area contributed by atoms with Gasteiger partial charge in [0.1, 0.15) is 24.8 Å². The van der Waals surface area contributed by atoms with Crippen LogP contribution in [0.4, 0.5) is 0 Å². The second kappa shape index (κ2) is 8.69. The van der Waals surface area contributed by atoms with Gasteiger partial charge in [-0.25, -0.2) is 0 Å². The molecule has 0 N–H and O–H groups in total. The highest BCUT2D eigenvalue weighted by molar-refractivity contribution is 6.76. The van der Waals surface area contributed by atoms with Crippen LogP contribution in [-0.4, -0.2) is 68.4 Å². The third kappa shape index (κ3) is 4.46. The maximum absolute atomic E-state index is 13.0. The van der Waals surface area contributed by atoms with E-state index in [1.54, 1.807) is 6.07 Å². The fourth-order valence-corrected chi connectivity index (χ4v) is 4.46. The van der Waals surface area contributed by atoms with Crippen molar-refractivity contribution in [2.24, 2.45) is 0 Å². The number of ether oxygens (including phenoxy) is 2. The third-order valence-corrected chi connectivity index (χ3v) is 7.19. The first-order chi connectivity index (χ1) is 14.2. The molecule has 162 valence electrons. The fourth-order valence-electron chi connectivity index (χ4n) is 3.70. The quantitative estimate of drug-likeness (QED) is 0.271. The van der Waals surface area contributed by atoms with Crippen molar-refractivity contribution in [3.05, 3.63) is 28.8 Å². The molecule has 1 saturated heterocycles. The molecule has 2 aliphatic heterocycles. The molecule has 2 aliphatic rings. The van der Waals surface area contributed by atoms with Crippen molar-refractivity contribution in [3.8, 4) is 5.75 Å². The number of hydrogen-bond acceptors (Lipinski definition) is 6. The Labute approximate surface area is 177 Å². The number of amides is 3. The Bertz CT molecular complexity index is 879. The van der Waals surface area contributed by atoms with Crippen LogP contribution in [-0.2, 0) is 20.9 Å². The summed E-state index contributed by atoms with van der Waals surface area (Å²) >= 11 is 0. The zero-order chi connectivity index (χ0) is 22.1. The summed E-state index contributed by atoms with van der Waals surface area (Å²) < 4.78 is 11.0. The molecule has 1 atom stereocenters. The number of carbonyl (C=O) groups excluding carboxylic acids is 4. The number of hydrogen-bond donors (Lipinski definition) is 0. The van der Waals surface area contributed by atoms with Gasteiger partial charge in [0.15, 0.2) is 0 Å². The summed E-state index contributed by atoms with van der Waals surface area (Å²) in [6, 6.07) is 3.29. The number of rotatable bonds is 8. The van der Waals surface area contributed by atoms with E-state index in [1.807, 2.05) is 0 Å². The van der Waals surface area contributed by atoms with Gasteiger partial charge >= 0.3 is 0 Å². The molecule has 0 aromatic heterocycles. The predicted molar refractivity (Wildman–Crippen MR) is 112 cm³/mol. The van der Waals surface area contributed by atoms with Gasteiger partial charge in [-0.15, -0.1) is 0 Å². The van der Waals surface area contributed by atoms with Gasteiger partial charge < -0.3 is 14.4 Å². The first-order valence-electron chi connectivity index (χ1n) is 10.1. The summed E-state index contributed by atoms with van der Waals surface area (Å²) in [7, 11) is 0.195. The average molecular weight is 433 g/mol. The lowest BCUT2D eigenvalue weighted by Crippen LogP contribution is -2.55. The van der Waals surface area contributed by atoms with Crippen molar-refractivity contribution < 1.29 is 28.7 Å². The highest BCUT2D eigenvalue weighted by atomic mass is 28.3. The number of carbonyl (C=O) groups is 4. The Morgan fingerprint density at radius 1 is 1.20 bits per heavy atom. The van der Waals surface area contributed by atoms with Crippen molar-refractivity contribution in [2.45, 2.75) is 51.1 Å². The van der Waals surface area contributed by atoms with E-state index in [0.717, 1.165) is 10.9 Å². The van der Waals surface area contributed by atoms with Crippen molar-refractivity contribution in [1.29, 1.82) is 0 Å². The molecule has 0 radical (unpaired) electrons. The highest BCUT2D eigenvalue weighted by Crippen LogP contribution is 2.35. The molecule has 9 heteroatoms. The fraction of sp³-hybridized carbons (Fsp3) is 0.524. The summed E-state index contributed by atoms with van der Waals surface area (Å²) in [5, 5.41) is 0. The van der Waals surface area contributed by atoms with Crippen molar-refractivity contribution in [1.82, 2.24) is 9.80 Å². The molecule has 8 nitrogen and oxygen atoms in total. The summed E-state index contributed by atoms with van der Waals surface area (Å²) in [6.45, 7) is 7.29. The first kappa shape index (κ1) is 22.2. The molecule has 1 unspecified atom stereocenters. The van der Waals surface area contributed by atoms with Crippen LogP contribution >= 0.6 is 0 Å². The SMILES string of the molecule is COc1cc(C=O)cc2c1CN(C1CCC(=O)N(COCC[Si](C)(C)C)C1=O)C2=O. The first-order valence-corrected chi connectivity index (χ1v) is 13.8. The van der Waals surface area contributed by atoms with E-state index >= 15 is 0 Å². The normalized spacial score (nSPS) is 19.3. The van der Waals surface area contributed by atoms with Crippen LogP contribution in [0.25, 0.3) is 0 Å². The third-order valence-electron chi connectivity index (χ3n) is 5.48. The lowest BCUT2D eigenvalue weighted by Gasteiger charge is -2.35. The molecular formula is C21H28N2O6Si. The molecule has 3 rings (SSSR count). The van der Waals surface area contributed by atoms with Gasteiger partial charge in [0, 0.05) is 37.8 Å². The summed E-state index contributed by atoms with van der Waals surface area (Å²) in [5.41, 5.74) is 1.35. The van der Waals surface area contributed by atoms with E-state index in [4.69, 9.17) is 9.47 Å². The van der Waals surface area contributed by atoms with E-state index in [-0.39, 0.29) is 37.9 Å². The lowest BCUT2D eigenvalue weighted by molar-refractivity contribution is -0.158. The molecule has 30 heavy (non-hydrogen) atoms. The second-order valence-electron chi connectivity index (χ2n) is 8.86. The predicted octanol–water partition coefficient (Wildman–Crippen LogP) is 2.29. The molecule has 1 aromatic rings. The Balaban J connectivity index is 1.74. The van der Waals surface area contributed by atoms with Gasteiger partial charge in [-0.3, -0.25) is 24.1 Å². The summed E-state index contributed by atoms with van der Waals surface area (Å²) in [4.78, 5) is 52.1. The number of methoxy groups -OCH3 is 1. The van der Waals surface area contributed by atoms with Crippen LogP contribution in [0.15, 0.2) is 12.1 Å². The zero-order valence-electron chi connectivity index (χ0n) is 17.9. The average Bonchev–Trinajstić information content (AvgIpc) is 3.02. The van der Waals surface area contributed by atoms with E-state index in [0.29, 0.717) is 35.3 Å². The number of aldehydes is 1. The molecule has 0 aliphatic carbocycles. The number of piperidine rings is 1. The van der Waals surface area contributed by atoms with Gasteiger partial charge in [-0.05, 0) is 24.6 Å². The van der Waals surface area contributed by atoms with Crippen molar-refractivity contribution in [2.75, 3.05) is 20.4 Å². The van der Waals surface area contributed by atoms with Gasteiger partial charge in [0.25, 0.3) is 11.8 Å². The Hall–Kier alpha value is -2.52. The molecule has 3 amide bonds. The monoisotopic (exact) mass is 432 g/mol. The molecule has 1 fully saturated rings. The number of benzene rings is 1. The molecular weight excluding hydrogens is 404 g/mol. The van der Waals surface area contributed by atoms with Crippen LogP contribution in [0.1, 0.15) is 39.1 Å². The van der Waals surface area contributed by atoms with Crippen LogP contribution < -0.4 is 4.74 Å². The molecule has 0 bridgehead atoms. The minimum absolute atomic E-state index is 0.0910. The number of nitrogens with zero attached hydrogens (tertiary/aromatic N) is 2. The molecule has 2 heterocycles. The zero-order valence-corrected chi connectivity index (χ0v) is 18.9. The largest absolute Gasteiger partial charge is 0.496 e. The topological polar surface area (TPSA) is 93.2 Å². The van der Waals surface area contributed by atoms with Gasteiger partial charge in [0.05, 0.1) is 13.7 Å². The number of imide groups is 1. The standard InChI is InChI=1S/C21H28N2O6Si/c1-28-18-10-14(12-24)9-15-16(18)11-22(20(15)26)17-5-6-19(25)23(21(17)27)13-29-7-8-30(2,3)4/h9-10,12,17H,5-8,11,13H2,1-4H3. The highest BCUT2D eigenvalue weighted by Gasteiger charge is 2.43. The van der Waals surface area contributed by atoms with Crippen LogP contribution in [0.2, 0.25) is 25.7 Å². The van der Waals surface area contributed by atoms with Crippen LogP contribution in [0, 0.1) is 0 Å². The van der Waals surface area contributed by atoms with Crippen LogP contribution in [0.5, 0.6) is 5.75 Å². The number of fused-ring (bicyclic) bond motifs is 1. The Kier molecular flexibility index (Phi) is 6.42. The van der Waals surface area contributed by atoms with Crippen molar-refractivity contribution in [3.63, 3.8) is 0 Å². The van der Waals surface area contributed by atoms with E-state index in [9.17, 15) is 19.2 Å². The maximum Gasteiger partial charge on any atom is 0.255 e. The van der Waals surface area contributed by atoms with E-state index in [1.165, 1.54) is 18.1 Å². The maximum atomic E-state index is 13.0. The van der Waals surface area contributed by atoms with Gasteiger partial charge in [-0.2, -0.15) is 0 Å². The van der Waals surface area contributed by atoms with E-state index in [2.05, 4.69) is 19.6 Å². The summed E-state index contributed by atoms with van der Waals surface area (Å²) in [5.74, 6) is -0.597. The van der Waals surface area contributed by atoms with E-state index < -0.39 is 20.0 Å². The minimum atomic E-state index is -1.28. The second-order valence-corrected chi connectivity index (χ2v) is 14.5. The minimum Gasteiger partial charge on any atom is -0.496 e. The lowest BCUT2D eigenvalue weighted by atomic mass is 10.0. The van der Waals surface area contributed by atoms with Gasteiger partial charge in [0.2, 0.25) is 5.91 Å². The molecule has 1 aromatic carbocycles. The summed E-state index contributed by atoms with van der Waals surface area (Å²) in [6.07, 6.45) is 1.10. The molecule has 0 spiro atoms.